The van der Waals surface area contributed by atoms with Gasteiger partial charge < -0.3 is 62.7 Å². The van der Waals surface area contributed by atoms with Crippen LogP contribution in [0.4, 0.5) is 0 Å². The van der Waals surface area contributed by atoms with Crippen LogP contribution in [-0.2, 0) is 52.2 Å². The van der Waals surface area contributed by atoms with Gasteiger partial charge in [-0.15, -0.1) is 0 Å². The summed E-state index contributed by atoms with van der Waals surface area (Å²) < 4.78 is 63.5. The van der Waals surface area contributed by atoms with Crippen LogP contribution in [0.5, 0.6) is 0 Å². The second kappa shape index (κ2) is 19.0. The molecule has 61 heavy (non-hydrogen) atoms. The second-order valence-corrected chi connectivity index (χ2v) is 18.8. The number of carbonyl (C=O) groups excluding carboxylic acids is 1. The van der Waals surface area contributed by atoms with Gasteiger partial charge in [0.15, 0.2) is 18.4 Å². The summed E-state index contributed by atoms with van der Waals surface area (Å²) in [6.45, 7) is 16.0. The van der Waals surface area contributed by atoms with Crippen molar-refractivity contribution in [3.63, 3.8) is 0 Å². The molecule has 1 unspecified atom stereocenters. The highest BCUT2D eigenvalue weighted by atomic mass is 16.7. The van der Waals surface area contributed by atoms with E-state index in [0.29, 0.717) is 43.3 Å². The van der Waals surface area contributed by atoms with Crippen molar-refractivity contribution in [2.75, 3.05) is 20.8 Å². The Morgan fingerprint density at radius 1 is 0.852 bits per heavy atom. The van der Waals surface area contributed by atoms with E-state index in [-0.39, 0.29) is 42.7 Å². The molecule has 3 N–H and O–H groups in total. The summed E-state index contributed by atoms with van der Waals surface area (Å²) in [7, 11) is 3.22. The fourth-order valence-electron chi connectivity index (χ4n) is 10.4. The molecule has 1 spiro atoms. The first kappa shape index (κ1) is 46.7. The van der Waals surface area contributed by atoms with Gasteiger partial charge in [0.1, 0.15) is 42.0 Å². The number of hydrogen-bond acceptors (Lipinski definition) is 14. The normalized spacial score (nSPS) is 49.3. The van der Waals surface area contributed by atoms with Crippen LogP contribution >= 0.6 is 0 Å². The number of allylic oxidation sites excluding steroid dienone is 2. The van der Waals surface area contributed by atoms with Crippen LogP contribution in [0.2, 0.25) is 0 Å². The van der Waals surface area contributed by atoms with Crippen molar-refractivity contribution < 1.29 is 67.5 Å². The molecule has 0 aromatic heterocycles. The zero-order valence-corrected chi connectivity index (χ0v) is 37.5. The molecular formula is C47H70O14. The molecule has 342 valence electrons. The number of aliphatic hydroxyl groups is 3. The van der Waals surface area contributed by atoms with E-state index in [4.69, 9.17) is 47.4 Å². The van der Waals surface area contributed by atoms with Crippen LogP contribution in [0, 0.1) is 23.7 Å². The average molecular weight is 859 g/mol. The number of ether oxygens (including phenoxy) is 10. The molecule has 0 radical (unpaired) electrons. The van der Waals surface area contributed by atoms with Gasteiger partial charge in [0, 0.05) is 51.7 Å². The Morgan fingerprint density at radius 2 is 1.56 bits per heavy atom. The molecule has 4 fully saturated rings. The van der Waals surface area contributed by atoms with Gasteiger partial charge in [0.2, 0.25) is 0 Å². The van der Waals surface area contributed by atoms with Crippen molar-refractivity contribution >= 4 is 5.97 Å². The Balaban J connectivity index is 1.18. The molecular weight excluding hydrogens is 789 g/mol. The summed E-state index contributed by atoms with van der Waals surface area (Å²) >= 11 is 0. The van der Waals surface area contributed by atoms with Crippen LogP contribution in [0.3, 0.4) is 0 Å². The zero-order chi connectivity index (χ0) is 44.0. The quantitative estimate of drug-likeness (QED) is 0.231. The Hall–Kier alpha value is -2.31. The molecule has 7 aliphatic rings. The smallest absolute Gasteiger partial charge is 0.316 e. The summed E-state index contributed by atoms with van der Waals surface area (Å²) in [4.78, 5) is 14.3. The summed E-state index contributed by atoms with van der Waals surface area (Å²) in [5.74, 6) is -2.62. The SMILES string of the molecule is CO[C@H]1C[C@H](O[C@@H]2[C@H](C)O[C@@H](O[C@H]3/C(C)=C/C[C@@H]4C[C@@H](C[C@@]5(C=C[C@H](C)[C@H](C(C)C)O5)O4)OC(=O)[C@H]4C=C(C)[C@@H](O)C5OC/C(=C\C=C\[C@H]3C)[C@@]54O)C[C@@H]2OC)O[C@@H](C)[C@H]1O. The second-order valence-electron chi connectivity index (χ2n) is 18.8. The number of fused-ring (bicyclic) bond motifs is 2. The van der Waals surface area contributed by atoms with Gasteiger partial charge >= 0.3 is 5.97 Å². The largest absolute Gasteiger partial charge is 0.462 e. The maximum absolute atomic E-state index is 14.3. The van der Waals surface area contributed by atoms with E-state index in [1.807, 2.05) is 32.1 Å². The summed E-state index contributed by atoms with van der Waals surface area (Å²) in [5.41, 5.74) is 0.129. The molecule has 0 saturated carbocycles. The number of carbonyl (C=O) groups is 1. The van der Waals surface area contributed by atoms with Gasteiger partial charge in [-0.3, -0.25) is 4.79 Å². The van der Waals surface area contributed by atoms with Gasteiger partial charge in [-0.25, -0.2) is 0 Å². The highest BCUT2D eigenvalue weighted by Gasteiger charge is 2.60. The summed E-state index contributed by atoms with van der Waals surface area (Å²) in [6.07, 6.45) is 7.54. The minimum Gasteiger partial charge on any atom is -0.462 e. The number of aliphatic hydroxyl groups excluding tert-OH is 2. The minimum atomic E-state index is -1.83. The van der Waals surface area contributed by atoms with Crippen LogP contribution in [-0.4, -0.2) is 139 Å². The van der Waals surface area contributed by atoms with Crippen molar-refractivity contribution in [3.05, 3.63) is 59.3 Å². The molecule has 0 amide bonds. The molecule has 6 aliphatic heterocycles. The Kier molecular flexibility index (Phi) is 14.6. The van der Waals surface area contributed by atoms with Crippen LogP contribution < -0.4 is 0 Å². The zero-order valence-electron chi connectivity index (χ0n) is 37.5. The molecule has 0 aromatic rings. The maximum atomic E-state index is 14.3. The summed E-state index contributed by atoms with van der Waals surface area (Å²) in [6, 6.07) is 0. The minimum absolute atomic E-state index is 0.0313. The summed E-state index contributed by atoms with van der Waals surface area (Å²) in [5, 5.41) is 34.2. The molecule has 7 rings (SSSR count). The molecule has 1 aliphatic carbocycles. The van der Waals surface area contributed by atoms with E-state index >= 15 is 0 Å². The molecule has 14 heteroatoms. The Bertz CT molecular complexity index is 1710. The molecule has 2 bridgehead atoms. The van der Waals surface area contributed by atoms with E-state index in [9.17, 15) is 20.1 Å². The van der Waals surface area contributed by atoms with Crippen LogP contribution in [0.15, 0.2) is 59.3 Å². The average Bonchev–Trinajstić information content (AvgIpc) is 3.56. The van der Waals surface area contributed by atoms with Gasteiger partial charge in [0.05, 0.1) is 49.3 Å². The molecule has 0 aromatic carbocycles. The van der Waals surface area contributed by atoms with E-state index in [0.717, 1.165) is 5.57 Å². The van der Waals surface area contributed by atoms with Gasteiger partial charge in [-0.1, -0.05) is 64.2 Å². The molecule has 4 saturated heterocycles. The van der Waals surface area contributed by atoms with Crippen LogP contribution in [0.1, 0.15) is 87.5 Å². The lowest BCUT2D eigenvalue weighted by Crippen LogP contribution is -2.58. The van der Waals surface area contributed by atoms with E-state index in [1.54, 1.807) is 40.2 Å². The van der Waals surface area contributed by atoms with Gasteiger partial charge in [0.25, 0.3) is 0 Å². The lowest BCUT2D eigenvalue weighted by molar-refractivity contribution is -0.318. The number of methoxy groups -OCH3 is 2. The fraction of sp³-hybridized carbons (Fsp3) is 0.766. The van der Waals surface area contributed by atoms with E-state index in [2.05, 4.69) is 39.8 Å². The lowest BCUT2D eigenvalue weighted by Gasteiger charge is -2.48. The number of rotatable bonds is 7. The third-order valence-corrected chi connectivity index (χ3v) is 14.0. The van der Waals surface area contributed by atoms with Crippen molar-refractivity contribution in [3.8, 4) is 0 Å². The first-order chi connectivity index (χ1) is 29.0. The fourth-order valence-corrected chi connectivity index (χ4v) is 10.4. The first-order valence-electron chi connectivity index (χ1n) is 22.3. The van der Waals surface area contributed by atoms with Crippen molar-refractivity contribution in [2.45, 2.75) is 185 Å². The van der Waals surface area contributed by atoms with Crippen molar-refractivity contribution in [2.24, 2.45) is 23.7 Å². The molecule has 14 nitrogen and oxygen atoms in total. The predicted molar refractivity (Wildman–Crippen MR) is 223 cm³/mol. The third-order valence-electron chi connectivity index (χ3n) is 14.0. The lowest BCUT2D eigenvalue weighted by atomic mass is 9.71. The topological polar surface area (TPSA) is 170 Å². The first-order valence-corrected chi connectivity index (χ1v) is 22.3. The third kappa shape index (κ3) is 9.58. The number of hydrogen-bond donors (Lipinski definition) is 3. The predicted octanol–water partition coefficient (Wildman–Crippen LogP) is 4.99. The van der Waals surface area contributed by atoms with Crippen molar-refractivity contribution in [1.82, 2.24) is 0 Å². The van der Waals surface area contributed by atoms with Gasteiger partial charge in [-0.05, 0) is 62.8 Å². The van der Waals surface area contributed by atoms with Gasteiger partial charge in [-0.2, -0.15) is 0 Å². The monoisotopic (exact) mass is 858 g/mol. The van der Waals surface area contributed by atoms with E-state index in [1.165, 1.54) is 0 Å². The highest BCUT2D eigenvalue weighted by molar-refractivity contribution is 5.78. The van der Waals surface area contributed by atoms with Crippen molar-refractivity contribution in [1.29, 1.82) is 0 Å². The highest BCUT2D eigenvalue weighted by Crippen LogP contribution is 2.47. The molecule has 6 heterocycles. The van der Waals surface area contributed by atoms with Crippen LogP contribution in [0.25, 0.3) is 0 Å². The molecule has 19 atom stereocenters. The Labute approximate surface area is 361 Å². The standard InChI is InChI=1S/C47H70O14/c1-24(2)41-27(5)16-17-46(61-41)22-33-19-32(60-46)15-14-26(4)42(25(3)12-11-13-31-23-54-44-39(48)28(6)18-34(45(50)57-33)47(31,44)51)58-38-21-36(53-10)43(30(8)56-38)59-37-20-35(52-9)40(49)29(7)55-37/h11-14,16-18,24-25,27,29-30,32-44,48-49,51H,15,19-23H2,1-10H3/b12-11+,26-14+,31-13+/t25-,27+,29+,30+,32-,33+,34-,35+,36+,37+,38+,39-,40-,41+,42-,43-,44?,46+,47+/m1/s1. The van der Waals surface area contributed by atoms with E-state index < -0.39 is 90.8 Å². The Morgan fingerprint density at radius 3 is 2.28 bits per heavy atom. The number of esters is 1. The maximum Gasteiger partial charge on any atom is 0.316 e.